The van der Waals surface area contributed by atoms with Gasteiger partial charge in [0.25, 0.3) is 11.8 Å². The van der Waals surface area contributed by atoms with Gasteiger partial charge in [-0.3, -0.25) is 15.0 Å². The van der Waals surface area contributed by atoms with Gasteiger partial charge in [0.1, 0.15) is 11.8 Å². The summed E-state index contributed by atoms with van der Waals surface area (Å²) in [4.78, 5) is 29.3. The fourth-order valence-electron chi connectivity index (χ4n) is 1.51. The van der Waals surface area contributed by atoms with Gasteiger partial charge in [-0.2, -0.15) is 10.4 Å². The number of nitrogens with two attached hydrogens (primary N) is 1. The van der Waals surface area contributed by atoms with E-state index in [-0.39, 0.29) is 11.5 Å². The number of benzene rings is 1. The molecule has 0 aliphatic rings. The van der Waals surface area contributed by atoms with Gasteiger partial charge < -0.3 is 16.0 Å². The van der Waals surface area contributed by atoms with Gasteiger partial charge in [0.05, 0.1) is 6.33 Å². The maximum Gasteiger partial charge on any atom is 0.287 e. The van der Waals surface area contributed by atoms with E-state index in [1.165, 1.54) is 6.33 Å². The number of nitrogens with one attached hydrogen (secondary N) is 3. The number of para-hydroxylation sites is 1. The maximum atomic E-state index is 11.9. The van der Waals surface area contributed by atoms with E-state index < -0.39 is 17.5 Å². The van der Waals surface area contributed by atoms with E-state index in [0.717, 1.165) is 0 Å². The molecule has 2 rings (SSSR count). The Morgan fingerprint density at radius 2 is 2.05 bits per heavy atom. The minimum Gasteiger partial charge on any atom is -0.364 e. The van der Waals surface area contributed by atoms with Gasteiger partial charge in [-0.05, 0) is 12.1 Å². The largest absolute Gasteiger partial charge is 0.364 e. The van der Waals surface area contributed by atoms with Crippen LogP contribution in [0.25, 0.3) is 0 Å². The molecule has 0 spiro atoms. The molecule has 0 atom stereocenters. The molecule has 0 aliphatic carbocycles. The highest BCUT2D eigenvalue weighted by Gasteiger charge is 2.14. The van der Waals surface area contributed by atoms with Gasteiger partial charge in [-0.15, -0.1) is 0 Å². The third-order valence-electron chi connectivity index (χ3n) is 2.51. The highest BCUT2D eigenvalue weighted by Crippen LogP contribution is 2.08. The van der Waals surface area contributed by atoms with Crippen LogP contribution in [-0.2, 0) is 4.79 Å². The van der Waals surface area contributed by atoms with E-state index in [1.807, 2.05) is 0 Å². The number of aromatic amines is 1. The maximum absolute atomic E-state index is 11.9. The number of nitriles is 1. The van der Waals surface area contributed by atoms with Crippen LogP contribution in [0.1, 0.15) is 10.5 Å². The summed E-state index contributed by atoms with van der Waals surface area (Å²) < 4.78 is 0. The van der Waals surface area contributed by atoms with Crippen molar-refractivity contribution in [2.45, 2.75) is 0 Å². The quantitative estimate of drug-likeness (QED) is 0.466. The van der Waals surface area contributed by atoms with E-state index in [9.17, 15) is 9.59 Å². The van der Waals surface area contributed by atoms with Crippen LogP contribution in [-0.4, -0.2) is 27.5 Å². The Morgan fingerprint density at radius 1 is 1.32 bits per heavy atom. The summed E-state index contributed by atoms with van der Waals surface area (Å²) in [6.45, 7) is 0. The van der Waals surface area contributed by atoms with Crippen LogP contribution in [0, 0.1) is 11.3 Å². The monoisotopic (exact) mass is 297 g/mol. The smallest absolute Gasteiger partial charge is 0.287 e. The van der Waals surface area contributed by atoms with Crippen molar-refractivity contribution in [2.75, 3.05) is 10.7 Å². The number of carbonyl (C=O) groups is 2. The molecule has 9 heteroatoms. The number of rotatable bonds is 5. The van der Waals surface area contributed by atoms with Crippen molar-refractivity contribution in [1.82, 2.24) is 9.97 Å². The molecule has 110 valence electrons. The summed E-state index contributed by atoms with van der Waals surface area (Å²) in [6, 6.07) is 10.2. The number of amides is 2. The molecule has 0 saturated heterocycles. The molecular weight excluding hydrogens is 286 g/mol. The van der Waals surface area contributed by atoms with Crippen LogP contribution in [0.4, 0.5) is 11.5 Å². The molecule has 1 aromatic carbocycles. The molecule has 2 aromatic rings. The Labute approximate surface area is 124 Å². The Bertz CT molecular complexity index is 758. The van der Waals surface area contributed by atoms with Crippen LogP contribution in [0.2, 0.25) is 0 Å². The van der Waals surface area contributed by atoms with E-state index in [2.05, 4.69) is 25.8 Å². The predicted octanol–water partition coefficient (Wildman–Crippen LogP) is 0.439. The molecule has 1 heterocycles. The lowest BCUT2D eigenvalue weighted by atomic mass is 10.3. The average Bonchev–Trinajstić information content (AvgIpc) is 2.97. The van der Waals surface area contributed by atoms with Gasteiger partial charge in [0, 0.05) is 5.69 Å². The molecule has 9 nitrogen and oxygen atoms in total. The van der Waals surface area contributed by atoms with Crippen molar-refractivity contribution in [2.24, 2.45) is 10.8 Å². The zero-order chi connectivity index (χ0) is 15.9. The summed E-state index contributed by atoms with van der Waals surface area (Å²) in [5, 5.41) is 15.1. The number of anilines is 2. The second-order valence-corrected chi connectivity index (χ2v) is 3.99. The number of aromatic nitrogens is 2. The van der Waals surface area contributed by atoms with Gasteiger partial charge in [-0.1, -0.05) is 18.2 Å². The number of H-pyrrole nitrogens is 1. The van der Waals surface area contributed by atoms with Crippen LogP contribution < -0.4 is 16.5 Å². The minimum atomic E-state index is -0.748. The van der Waals surface area contributed by atoms with Crippen LogP contribution in [0.5, 0.6) is 0 Å². The number of carbonyl (C=O) groups excluding carboxylic acids is 2. The lowest BCUT2D eigenvalue weighted by molar-refractivity contribution is -0.110. The van der Waals surface area contributed by atoms with Crippen LogP contribution in [0.15, 0.2) is 41.8 Å². The van der Waals surface area contributed by atoms with Crippen molar-refractivity contribution >= 4 is 29.0 Å². The third-order valence-corrected chi connectivity index (χ3v) is 2.51. The Morgan fingerprint density at radius 3 is 2.68 bits per heavy atom. The summed E-state index contributed by atoms with van der Waals surface area (Å²) in [6.07, 6.45) is 1.23. The van der Waals surface area contributed by atoms with Gasteiger partial charge in [-0.25, -0.2) is 4.98 Å². The summed E-state index contributed by atoms with van der Waals surface area (Å²) in [5.41, 5.74) is 7.55. The topological polar surface area (TPSA) is 149 Å². The van der Waals surface area contributed by atoms with Gasteiger partial charge in [0.2, 0.25) is 5.71 Å². The fourth-order valence-corrected chi connectivity index (χ4v) is 1.51. The fraction of sp³-hybridized carbons (Fsp3) is 0. The lowest BCUT2D eigenvalue weighted by Crippen LogP contribution is -2.23. The number of hydrogen-bond acceptors (Lipinski definition) is 6. The highest BCUT2D eigenvalue weighted by atomic mass is 16.2. The molecule has 22 heavy (non-hydrogen) atoms. The van der Waals surface area contributed by atoms with Crippen LogP contribution in [0.3, 0.4) is 0 Å². The van der Waals surface area contributed by atoms with E-state index in [4.69, 9.17) is 11.0 Å². The van der Waals surface area contributed by atoms with Gasteiger partial charge in [0.15, 0.2) is 5.82 Å². The number of hydrogen-bond donors (Lipinski definition) is 4. The Balaban J connectivity index is 2.11. The first-order valence-electron chi connectivity index (χ1n) is 6.05. The number of primary amides is 1. The molecule has 0 saturated carbocycles. The standard InChI is InChI=1S/C13H11N7O2/c14-6-9(13(22)18-8-4-2-1-3-5-8)19-20-12-10(11(15)21)16-7-17-12/h1-5,7,20H,(H2,15,21)(H,16,17)(H,18,22)/b19-9-. The van der Waals surface area contributed by atoms with Crippen molar-refractivity contribution in [1.29, 1.82) is 5.26 Å². The van der Waals surface area contributed by atoms with E-state index in [0.29, 0.717) is 5.69 Å². The third kappa shape index (κ3) is 3.45. The molecular formula is C13H11N7O2. The van der Waals surface area contributed by atoms with Crippen molar-refractivity contribution < 1.29 is 9.59 Å². The molecule has 0 radical (unpaired) electrons. The summed E-state index contributed by atoms with van der Waals surface area (Å²) >= 11 is 0. The zero-order valence-corrected chi connectivity index (χ0v) is 11.2. The lowest BCUT2D eigenvalue weighted by Gasteiger charge is -2.03. The Hall–Kier alpha value is -3.67. The first-order valence-corrected chi connectivity index (χ1v) is 6.05. The van der Waals surface area contributed by atoms with Crippen molar-refractivity contribution in [3.05, 3.63) is 42.4 Å². The molecule has 1 aromatic heterocycles. The second kappa shape index (κ2) is 6.67. The van der Waals surface area contributed by atoms with Gasteiger partial charge >= 0.3 is 0 Å². The number of imidazole rings is 1. The van der Waals surface area contributed by atoms with Crippen molar-refractivity contribution in [3.8, 4) is 6.07 Å². The second-order valence-electron chi connectivity index (χ2n) is 3.99. The molecule has 2 amide bonds. The molecule has 5 N–H and O–H groups in total. The first kappa shape index (κ1) is 14.7. The number of hydrazone groups is 1. The first-order chi connectivity index (χ1) is 10.6. The van der Waals surface area contributed by atoms with E-state index >= 15 is 0 Å². The average molecular weight is 297 g/mol. The van der Waals surface area contributed by atoms with E-state index in [1.54, 1.807) is 36.4 Å². The number of nitrogens with zero attached hydrogens (tertiary/aromatic N) is 3. The Kier molecular flexibility index (Phi) is 4.46. The molecule has 0 fully saturated rings. The summed E-state index contributed by atoms with van der Waals surface area (Å²) in [7, 11) is 0. The van der Waals surface area contributed by atoms with Crippen LogP contribution >= 0.6 is 0 Å². The molecule has 0 aliphatic heterocycles. The summed E-state index contributed by atoms with van der Waals surface area (Å²) in [5.74, 6) is -1.42. The molecule has 0 unspecified atom stereocenters. The minimum absolute atomic E-state index is 0.00972. The molecule has 0 bridgehead atoms. The van der Waals surface area contributed by atoms with Crippen molar-refractivity contribution in [3.63, 3.8) is 0 Å². The highest BCUT2D eigenvalue weighted by molar-refractivity contribution is 6.48. The zero-order valence-electron chi connectivity index (χ0n) is 11.2. The normalized spacial score (nSPS) is 10.6. The SMILES string of the molecule is N#C/C(=N/Nc1nc[nH]c1C(N)=O)C(=O)Nc1ccccc1. The predicted molar refractivity (Wildman–Crippen MR) is 78.8 cm³/mol.